The molecule has 1 saturated carbocycles. The van der Waals surface area contributed by atoms with Gasteiger partial charge in [0.1, 0.15) is 17.3 Å². The number of nitro groups is 1. The van der Waals surface area contributed by atoms with E-state index in [2.05, 4.69) is 6.92 Å². The van der Waals surface area contributed by atoms with Gasteiger partial charge < -0.3 is 13.7 Å². The Balaban J connectivity index is 1.57. The number of carbonyl (C=O) groups excluding carboxylic acids is 1. The first kappa shape index (κ1) is 18.0. The van der Waals surface area contributed by atoms with Gasteiger partial charge in [0, 0.05) is 23.6 Å². The fourth-order valence-corrected chi connectivity index (χ4v) is 3.31. The Morgan fingerprint density at radius 1 is 1.18 bits per heavy atom. The van der Waals surface area contributed by atoms with E-state index in [1.54, 1.807) is 29.4 Å². The molecule has 144 valence electrons. The van der Waals surface area contributed by atoms with Gasteiger partial charge >= 0.3 is 0 Å². The molecule has 0 N–H and O–H groups in total. The maximum Gasteiger partial charge on any atom is 0.270 e. The molecule has 3 aromatic rings. The standard InChI is InChI=1S/C21H20N2O5/c1-14-10-19(14)20-8-7-18(28-20)13-22(12-17-6-3-9-27-17)21(24)15-4-2-5-16(11-15)23(25)26/h2-9,11,14,19H,10,12-13H2,1H3. The number of rotatable bonds is 7. The number of non-ortho nitro benzene ring substituents is 1. The fraction of sp³-hybridized carbons (Fsp3) is 0.286. The van der Waals surface area contributed by atoms with E-state index in [-0.39, 0.29) is 30.2 Å². The van der Waals surface area contributed by atoms with Gasteiger partial charge in [0.25, 0.3) is 11.6 Å². The lowest BCUT2D eigenvalue weighted by molar-refractivity contribution is -0.384. The first-order valence-electron chi connectivity index (χ1n) is 9.16. The lowest BCUT2D eigenvalue weighted by Crippen LogP contribution is -2.29. The number of carbonyl (C=O) groups is 1. The van der Waals surface area contributed by atoms with E-state index in [4.69, 9.17) is 8.83 Å². The second-order valence-electron chi connectivity index (χ2n) is 7.17. The van der Waals surface area contributed by atoms with Crippen molar-refractivity contribution in [2.45, 2.75) is 32.4 Å². The van der Waals surface area contributed by atoms with Crippen LogP contribution in [0.3, 0.4) is 0 Å². The van der Waals surface area contributed by atoms with Crippen LogP contribution in [0.2, 0.25) is 0 Å². The van der Waals surface area contributed by atoms with Crippen molar-refractivity contribution in [1.82, 2.24) is 4.90 Å². The van der Waals surface area contributed by atoms with E-state index < -0.39 is 4.92 Å². The molecular formula is C21H20N2O5. The van der Waals surface area contributed by atoms with Gasteiger partial charge in [-0.05, 0) is 42.7 Å². The summed E-state index contributed by atoms with van der Waals surface area (Å²) in [7, 11) is 0. The summed E-state index contributed by atoms with van der Waals surface area (Å²) < 4.78 is 11.3. The number of hydrogen-bond donors (Lipinski definition) is 0. The molecule has 1 amide bonds. The fourth-order valence-electron chi connectivity index (χ4n) is 3.31. The lowest BCUT2D eigenvalue weighted by Gasteiger charge is -2.20. The Morgan fingerprint density at radius 3 is 2.64 bits per heavy atom. The van der Waals surface area contributed by atoms with E-state index >= 15 is 0 Å². The molecule has 2 heterocycles. The maximum absolute atomic E-state index is 13.1. The first-order valence-corrected chi connectivity index (χ1v) is 9.16. The van der Waals surface area contributed by atoms with Crippen LogP contribution in [0.15, 0.2) is 63.6 Å². The van der Waals surface area contributed by atoms with E-state index in [0.717, 1.165) is 12.2 Å². The van der Waals surface area contributed by atoms with Gasteiger partial charge in [0.2, 0.25) is 0 Å². The van der Waals surface area contributed by atoms with Crippen LogP contribution in [0.4, 0.5) is 5.69 Å². The van der Waals surface area contributed by atoms with E-state index in [1.165, 1.54) is 18.2 Å². The molecule has 7 heteroatoms. The Bertz CT molecular complexity index is 992. The molecular weight excluding hydrogens is 360 g/mol. The number of nitrogens with zero attached hydrogens (tertiary/aromatic N) is 2. The van der Waals surface area contributed by atoms with Crippen molar-refractivity contribution in [3.63, 3.8) is 0 Å². The summed E-state index contributed by atoms with van der Waals surface area (Å²) in [5.74, 6) is 3.02. The zero-order valence-corrected chi connectivity index (χ0v) is 15.4. The minimum absolute atomic E-state index is 0.119. The minimum atomic E-state index is -0.511. The molecule has 0 spiro atoms. The second-order valence-corrected chi connectivity index (χ2v) is 7.17. The highest BCUT2D eigenvalue weighted by Crippen LogP contribution is 2.47. The van der Waals surface area contributed by atoms with Crippen LogP contribution < -0.4 is 0 Å². The number of hydrogen-bond acceptors (Lipinski definition) is 5. The number of amides is 1. The van der Waals surface area contributed by atoms with Crippen LogP contribution in [-0.4, -0.2) is 15.7 Å². The smallest absolute Gasteiger partial charge is 0.270 e. The summed E-state index contributed by atoms with van der Waals surface area (Å²) in [4.78, 5) is 25.2. The van der Waals surface area contributed by atoms with Crippen molar-refractivity contribution in [3.8, 4) is 0 Å². The highest BCUT2D eigenvalue weighted by atomic mass is 16.6. The highest BCUT2D eigenvalue weighted by molar-refractivity contribution is 5.94. The van der Waals surface area contributed by atoms with Crippen molar-refractivity contribution in [1.29, 1.82) is 0 Å². The van der Waals surface area contributed by atoms with Gasteiger partial charge in [-0.2, -0.15) is 0 Å². The Labute approximate surface area is 161 Å². The monoisotopic (exact) mass is 380 g/mol. The van der Waals surface area contributed by atoms with Gasteiger partial charge in [-0.15, -0.1) is 0 Å². The molecule has 0 radical (unpaired) electrons. The Hall–Kier alpha value is -3.35. The molecule has 0 bridgehead atoms. The molecule has 28 heavy (non-hydrogen) atoms. The molecule has 0 saturated heterocycles. The van der Waals surface area contributed by atoms with E-state index in [0.29, 0.717) is 23.4 Å². The molecule has 1 fully saturated rings. The first-order chi connectivity index (χ1) is 13.5. The molecule has 1 aliphatic rings. The number of benzene rings is 1. The molecule has 7 nitrogen and oxygen atoms in total. The Morgan fingerprint density at radius 2 is 1.96 bits per heavy atom. The molecule has 2 atom stereocenters. The Kier molecular flexibility index (Phi) is 4.73. The summed E-state index contributed by atoms with van der Waals surface area (Å²) in [6.07, 6.45) is 2.67. The van der Waals surface area contributed by atoms with Crippen LogP contribution in [0.5, 0.6) is 0 Å². The third-order valence-electron chi connectivity index (χ3n) is 5.02. The molecule has 1 aromatic carbocycles. The highest BCUT2D eigenvalue weighted by Gasteiger charge is 2.36. The van der Waals surface area contributed by atoms with Gasteiger partial charge in [-0.1, -0.05) is 13.0 Å². The van der Waals surface area contributed by atoms with Gasteiger partial charge in [0.05, 0.1) is 24.3 Å². The summed E-state index contributed by atoms with van der Waals surface area (Å²) >= 11 is 0. The van der Waals surface area contributed by atoms with Crippen molar-refractivity contribution in [3.05, 3.63) is 87.8 Å². The average molecular weight is 380 g/mol. The van der Waals surface area contributed by atoms with Crippen LogP contribution in [0, 0.1) is 16.0 Å². The molecule has 1 aliphatic carbocycles. The normalized spacial score (nSPS) is 18.0. The van der Waals surface area contributed by atoms with Gasteiger partial charge in [0.15, 0.2) is 0 Å². The van der Waals surface area contributed by atoms with Crippen molar-refractivity contribution < 1.29 is 18.6 Å². The number of nitro benzene ring substituents is 1. The van der Waals surface area contributed by atoms with Gasteiger partial charge in [-0.3, -0.25) is 14.9 Å². The molecule has 2 unspecified atom stereocenters. The van der Waals surface area contributed by atoms with Crippen LogP contribution in [0.1, 0.15) is 46.9 Å². The quantitative estimate of drug-likeness (QED) is 0.436. The van der Waals surface area contributed by atoms with Crippen molar-refractivity contribution in [2.75, 3.05) is 0 Å². The minimum Gasteiger partial charge on any atom is -0.467 e. The number of furan rings is 2. The molecule has 4 rings (SSSR count). The topological polar surface area (TPSA) is 89.7 Å². The third kappa shape index (κ3) is 3.83. The largest absolute Gasteiger partial charge is 0.467 e. The summed E-state index contributed by atoms with van der Waals surface area (Å²) in [6.45, 7) is 2.68. The SMILES string of the molecule is CC1CC1c1ccc(CN(Cc2ccco2)C(=O)c2cccc([N+](=O)[O-])c2)o1. The maximum atomic E-state index is 13.1. The van der Waals surface area contributed by atoms with Crippen molar-refractivity contribution >= 4 is 11.6 Å². The average Bonchev–Trinajstić information content (AvgIpc) is 3.07. The van der Waals surface area contributed by atoms with Crippen LogP contribution in [0.25, 0.3) is 0 Å². The summed E-state index contributed by atoms with van der Waals surface area (Å²) in [5.41, 5.74) is 0.134. The molecule has 0 aliphatic heterocycles. The van der Waals surface area contributed by atoms with Crippen LogP contribution >= 0.6 is 0 Å². The predicted molar refractivity (Wildman–Crippen MR) is 101 cm³/mol. The van der Waals surface area contributed by atoms with Crippen LogP contribution in [-0.2, 0) is 13.1 Å². The van der Waals surface area contributed by atoms with Gasteiger partial charge in [-0.25, -0.2) is 0 Å². The zero-order chi connectivity index (χ0) is 19.7. The second kappa shape index (κ2) is 7.34. The summed E-state index contributed by atoms with van der Waals surface area (Å²) in [5, 5.41) is 11.0. The lowest BCUT2D eigenvalue weighted by atomic mass is 10.1. The molecule has 2 aromatic heterocycles. The van der Waals surface area contributed by atoms with E-state index in [1.807, 2.05) is 12.1 Å². The summed E-state index contributed by atoms with van der Waals surface area (Å²) in [6, 6.07) is 13.1. The van der Waals surface area contributed by atoms with E-state index in [9.17, 15) is 14.9 Å². The third-order valence-corrected chi connectivity index (χ3v) is 5.02. The zero-order valence-electron chi connectivity index (χ0n) is 15.4. The predicted octanol–water partition coefficient (Wildman–Crippen LogP) is 4.75. The van der Waals surface area contributed by atoms with Crippen molar-refractivity contribution in [2.24, 2.45) is 5.92 Å².